The molecule has 0 radical (unpaired) electrons. The lowest BCUT2D eigenvalue weighted by Gasteiger charge is -2.12. The maximum atomic E-state index is 11.3. The lowest BCUT2D eigenvalue weighted by Crippen LogP contribution is -2.37. The van der Waals surface area contributed by atoms with Crippen LogP contribution in [0.1, 0.15) is 6.92 Å². The van der Waals surface area contributed by atoms with E-state index in [2.05, 4.69) is 15.7 Å². The van der Waals surface area contributed by atoms with Gasteiger partial charge in [0.25, 0.3) is 0 Å². The number of hydrogen-bond acceptors (Lipinski definition) is 5. The zero-order valence-corrected chi connectivity index (χ0v) is 12.1. The fraction of sp³-hybridized carbons (Fsp3) is 0.364. The minimum absolute atomic E-state index is 0.00353. The number of guanidine groups is 1. The Hall–Kier alpha value is -1.68. The number of rotatable bonds is 5. The van der Waals surface area contributed by atoms with Crippen molar-refractivity contribution in [3.63, 3.8) is 0 Å². The first-order chi connectivity index (χ1) is 9.36. The summed E-state index contributed by atoms with van der Waals surface area (Å²) in [6.45, 7) is 2.29. The van der Waals surface area contributed by atoms with Crippen LogP contribution < -0.4 is 21.7 Å². The average Bonchev–Trinajstić information content (AvgIpc) is 2.37. The number of methoxy groups -OCH3 is 1. The zero-order valence-electron chi connectivity index (χ0n) is 11.3. The van der Waals surface area contributed by atoms with Gasteiger partial charge in [0.15, 0.2) is 0 Å². The predicted molar refractivity (Wildman–Crippen MR) is 77.5 cm³/mol. The number of anilines is 1. The molecule has 0 aliphatic rings. The molecule has 0 bridgehead atoms. The Morgan fingerprint density at radius 3 is 2.75 bits per heavy atom. The summed E-state index contributed by atoms with van der Waals surface area (Å²) in [6.07, 6.45) is 0. The number of nitrogens with zero attached hydrogens (tertiary/aromatic N) is 1. The monoisotopic (exact) mass is 301 g/mol. The van der Waals surface area contributed by atoms with E-state index < -0.39 is 10.0 Å². The third-order valence-corrected chi connectivity index (χ3v) is 3.23. The maximum Gasteiger partial charge on any atom is 0.238 e. The Morgan fingerprint density at radius 2 is 2.20 bits per heavy atom. The van der Waals surface area contributed by atoms with E-state index in [1.165, 1.54) is 12.1 Å². The molecule has 0 aromatic heterocycles. The van der Waals surface area contributed by atoms with Gasteiger partial charge < -0.3 is 10.1 Å². The number of ether oxygens (including phenoxy) is 1. The molecular weight excluding hydrogens is 282 g/mol. The summed E-state index contributed by atoms with van der Waals surface area (Å²) in [4.78, 5) is 4.24. The van der Waals surface area contributed by atoms with Gasteiger partial charge in [-0.05, 0) is 25.1 Å². The molecule has 1 aromatic carbocycles. The Balaban J connectivity index is 2.91. The number of hydrazine groups is 1. The highest BCUT2D eigenvalue weighted by atomic mass is 32.2. The molecule has 0 spiro atoms. The number of sulfonamides is 1. The zero-order chi connectivity index (χ0) is 15.2. The van der Waals surface area contributed by atoms with Crippen molar-refractivity contribution in [1.29, 1.82) is 0 Å². The van der Waals surface area contributed by atoms with E-state index in [0.717, 1.165) is 0 Å². The van der Waals surface area contributed by atoms with E-state index in [0.29, 0.717) is 18.3 Å². The molecule has 0 aliphatic carbocycles. The minimum atomic E-state index is -3.75. The lowest BCUT2D eigenvalue weighted by atomic mass is 10.3. The lowest BCUT2D eigenvalue weighted by molar-refractivity contribution is 0.185. The van der Waals surface area contributed by atoms with E-state index in [9.17, 15) is 8.42 Å². The van der Waals surface area contributed by atoms with Crippen molar-refractivity contribution in [3.8, 4) is 0 Å². The fourth-order valence-electron chi connectivity index (χ4n) is 1.49. The first-order valence-corrected chi connectivity index (χ1v) is 7.34. The van der Waals surface area contributed by atoms with Gasteiger partial charge in [0, 0.05) is 12.8 Å². The second-order valence-corrected chi connectivity index (χ2v) is 5.69. The highest BCUT2D eigenvalue weighted by molar-refractivity contribution is 7.89. The van der Waals surface area contributed by atoms with Crippen molar-refractivity contribution in [2.45, 2.75) is 17.9 Å². The highest BCUT2D eigenvalue weighted by Gasteiger charge is 2.09. The Kier molecular flexibility index (Phi) is 5.89. The molecule has 0 saturated carbocycles. The molecule has 1 unspecified atom stereocenters. The number of benzene rings is 1. The smallest absolute Gasteiger partial charge is 0.238 e. The van der Waals surface area contributed by atoms with Crippen LogP contribution in [0.5, 0.6) is 0 Å². The van der Waals surface area contributed by atoms with Crippen LogP contribution in [0.25, 0.3) is 0 Å². The summed E-state index contributed by atoms with van der Waals surface area (Å²) in [7, 11) is -2.18. The number of primary sulfonamides is 1. The van der Waals surface area contributed by atoms with Gasteiger partial charge in [-0.15, -0.1) is 0 Å². The minimum Gasteiger partial charge on any atom is -0.382 e. The van der Waals surface area contributed by atoms with Gasteiger partial charge in [0.2, 0.25) is 16.0 Å². The normalized spacial score (nSPS) is 13.9. The quantitative estimate of drug-likeness (QED) is 0.253. The topological polar surface area (TPSA) is 132 Å². The van der Waals surface area contributed by atoms with E-state index in [4.69, 9.17) is 15.7 Å². The Bertz CT molecular complexity index is 573. The van der Waals surface area contributed by atoms with Crippen LogP contribution in [-0.2, 0) is 14.8 Å². The second-order valence-electron chi connectivity index (χ2n) is 4.12. The number of aliphatic imine (C=N–C) groups is 1. The second kappa shape index (κ2) is 7.20. The third-order valence-electron chi connectivity index (χ3n) is 2.32. The van der Waals surface area contributed by atoms with Crippen LogP contribution in [0.15, 0.2) is 34.2 Å². The SMILES string of the molecule is COCC(C)N=C(NN)Nc1cccc(S(N)(=O)=O)c1. The molecule has 0 fully saturated rings. The summed E-state index contributed by atoms with van der Waals surface area (Å²) >= 11 is 0. The van der Waals surface area contributed by atoms with Gasteiger partial charge >= 0.3 is 0 Å². The van der Waals surface area contributed by atoms with E-state index >= 15 is 0 Å². The number of hydrogen-bond donors (Lipinski definition) is 4. The molecule has 20 heavy (non-hydrogen) atoms. The van der Waals surface area contributed by atoms with Crippen LogP contribution in [0.4, 0.5) is 5.69 Å². The van der Waals surface area contributed by atoms with Crippen LogP contribution in [-0.4, -0.2) is 34.1 Å². The van der Waals surface area contributed by atoms with Crippen LogP contribution in [0, 0.1) is 0 Å². The Labute approximate surface area is 118 Å². The fourth-order valence-corrected chi connectivity index (χ4v) is 2.05. The number of nitrogens with one attached hydrogen (secondary N) is 2. The molecule has 9 heteroatoms. The van der Waals surface area contributed by atoms with Crippen molar-refractivity contribution >= 4 is 21.7 Å². The van der Waals surface area contributed by atoms with Gasteiger partial charge in [-0.2, -0.15) is 0 Å². The molecule has 1 atom stereocenters. The molecule has 1 aromatic rings. The molecule has 0 heterocycles. The first-order valence-electron chi connectivity index (χ1n) is 5.80. The van der Waals surface area contributed by atoms with Crippen molar-refractivity contribution in [1.82, 2.24) is 5.43 Å². The van der Waals surface area contributed by atoms with Gasteiger partial charge in [0.05, 0.1) is 17.5 Å². The summed E-state index contributed by atoms with van der Waals surface area (Å²) in [5, 5.41) is 7.94. The summed E-state index contributed by atoms with van der Waals surface area (Å²) in [5.41, 5.74) is 2.90. The molecule has 6 N–H and O–H groups in total. The molecule has 1 rings (SSSR count). The van der Waals surface area contributed by atoms with Crippen molar-refractivity contribution in [3.05, 3.63) is 24.3 Å². The maximum absolute atomic E-state index is 11.3. The third kappa shape index (κ3) is 5.13. The largest absolute Gasteiger partial charge is 0.382 e. The Morgan fingerprint density at radius 1 is 1.50 bits per heavy atom. The first kappa shape index (κ1) is 16.4. The van der Waals surface area contributed by atoms with Crippen molar-refractivity contribution < 1.29 is 13.2 Å². The van der Waals surface area contributed by atoms with Crippen molar-refractivity contribution in [2.75, 3.05) is 19.0 Å². The van der Waals surface area contributed by atoms with Crippen LogP contribution in [0.2, 0.25) is 0 Å². The van der Waals surface area contributed by atoms with E-state index in [-0.39, 0.29) is 10.9 Å². The summed E-state index contributed by atoms with van der Waals surface area (Å²) < 4.78 is 27.5. The summed E-state index contributed by atoms with van der Waals surface area (Å²) in [6, 6.07) is 5.92. The van der Waals surface area contributed by atoms with Gasteiger partial charge in [0.1, 0.15) is 0 Å². The van der Waals surface area contributed by atoms with Crippen molar-refractivity contribution in [2.24, 2.45) is 16.0 Å². The van der Waals surface area contributed by atoms with E-state index in [1.54, 1.807) is 19.2 Å². The van der Waals surface area contributed by atoms with Crippen LogP contribution >= 0.6 is 0 Å². The number of nitrogens with two attached hydrogens (primary N) is 2. The molecule has 0 amide bonds. The molecular formula is C11H19N5O3S. The van der Waals surface area contributed by atoms with E-state index in [1.807, 2.05) is 6.92 Å². The van der Waals surface area contributed by atoms with Gasteiger partial charge in [-0.25, -0.2) is 24.4 Å². The average molecular weight is 301 g/mol. The van der Waals surface area contributed by atoms with Crippen LogP contribution in [0.3, 0.4) is 0 Å². The summed E-state index contributed by atoms with van der Waals surface area (Å²) in [5.74, 6) is 5.65. The molecule has 0 saturated heterocycles. The standard InChI is InChI=1S/C11H19N5O3S/c1-8(7-19-2)14-11(16-12)15-9-4-3-5-10(6-9)20(13,17)18/h3-6,8H,7,12H2,1-2H3,(H2,13,17,18)(H2,14,15,16). The highest BCUT2D eigenvalue weighted by Crippen LogP contribution is 2.13. The van der Waals surface area contributed by atoms with Gasteiger partial charge in [-0.3, -0.25) is 5.43 Å². The van der Waals surface area contributed by atoms with Gasteiger partial charge in [-0.1, -0.05) is 6.07 Å². The molecule has 8 nitrogen and oxygen atoms in total. The molecule has 112 valence electrons. The molecule has 0 aliphatic heterocycles. The predicted octanol–water partition coefficient (Wildman–Crippen LogP) is -0.400.